The number of hydrogen-bond donors (Lipinski definition) is 0. The second-order valence-electron chi connectivity index (χ2n) is 4.78. The van der Waals surface area contributed by atoms with Crippen molar-refractivity contribution in [1.82, 2.24) is 4.90 Å². The van der Waals surface area contributed by atoms with Gasteiger partial charge in [-0.3, -0.25) is 9.69 Å². The van der Waals surface area contributed by atoms with E-state index in [4.69, 9.17) is 21.1 Å². The number of benzene rings is 1. The predicted molar refractivity (Wildman–Crippen MR) is 98.5 cm³/mol. The molecule has 0 atom stereocenters. The zero-order chi connectivity index (χ0) is 17.9. The summed E-state index contributed by atoms with van der Waals surface area (Å²) in [6.07, 6.45) is 4.22. The third kappa shape index (κ3) is 4.37. The van der Waals surface area contributed by atoms with Crippen molar-refractivity contribution in [3.8, 4) is 11.5 Å². The minimum absolute atomic E-state index is 0.0800. The van der Waals surface area contributed by atoms with Gasteiger partial charge in [0.05, 0.1) is 18.3 Å². The molecule has 1 fully saturated rings. The highest BCUT2D eigenvalue weighted by Gasteiger charge is 2.31. The lowest BCUT2D eigenvalue weighted by molar-refractivity contribution is -0.121. The fraction of sp³-hybridized carbons (Fsp3) is 0.200. The van der Waals surface area contributed by atoms with Crippen molar-refractivity contribution in [3.05, 3.63) is 41.3 Å². The topological polar surface area (TPSA) is 72.9 Å². The molecule has 1 saturated heterocycles. The summed E-state index contributed by atoms with van der Waals surface area (Å²) in [6.45, 7) is 3.96. The molecule has 2 rings (SSSR count). The summed E-state index contributed by atoms with van der Waals surface area (Å²) in [7, 11) is -2.26. The van der Waals surface area contributed by atoms with E-state index in [1.807, 2.05) is 0 Å². The van der Waals surface area contributed by atoms with E-state index in [0.717, 1.165) is 6.26 Å². The van der Waals surface area contributed by atoms with E-state index in [0.29, 0.717) is 21.3 Å². The Morgan fingerprint density at radius 3 is 2.67 bits per heavy atom. The van der Waals surface area contributed by atoms with Crippen molar-refractivity contribution >= 4 is 50.4 Å². The van der Waals surface area contributed by atoms with Crippen molar-refractivity contribution in [2.24, 2.45) is 0 Å². The van der Waals surface area contributed by atoms with Crippen LogP contribution < -0.4 is 8.92 Å². The maximum absolute atomic E-state index is 12.3. The van der Waals surface area contributed by atoms with Crippen molar-refractivity contribution in [1.29, 1.82) is 0 Å². The van der Waals surface area contributed by atoms with Crippen LogP contribution >= 0.6 is 24.0 Å². The molecule has 1 heterocycles. The molecule has 0 saturated carbocycles. The van der Waals surface area contributed by atoms with E-state index in [1.54, 1.807) is 24.3 Å². The van der Waals surface area contributed by atoms with Crippen LogP contribution in [0.2, 0.25) is 0 Å². The zero-order valence-electron chi connectivity index (χ0n) is 13.0. The molecule has 1 amide bonds. The Labute approximate surface area is 150 Å². The Bertz CT molecular complexity index is 830. The lowest BCUT2D eigenvalue weighted by Gasteiger charge is -2.10. The van der Waals surface area contributed by atoms with E-state index in [1.165, 1.54) is 29.8 Å². The first-order valence-corrected chi connectivity index (χ1v) is 9.73. The van der Waals surface area contributed by atoms with Gasteiger partial charge in [-0.05, 0) is 23.8 Å². The van der Waals surface area contributed by atoms with Gasteiger partial charge in [-0.25, -0.2) is 0 Å². The Morgan fingerprint density at radius 1 is 1.38 bits per heavy atom. The molecule has 1 aromatic rings. The SMILES string of the molecule is C=CCN1C(=O)/C(=C\c2ccc(OS(C)(=O)=O)c(OC)c2)SC1=S. The Morgan fingerprint density at radius 2 is 2.08 bits per heavy atom. The number of ether oxygens (including phenoxy) is 1. The van der Waals surface area contributed by atoms with Gasteiger partial charge in [-0.2, -0.15) is 8.42 Å². The number of rotatable bonds is 6. The van der Waals surface area contributed by atoms with Gasteiger partial charge in [0.1, 0.15) is 4.32 Å². The minimum Gasteiger partial charge on any atom is -0.493 e. The van der Waals surface area contributed by atoms with Crippen LogP contribution in [0, 0.1) is 0 Å². The highest BCUT2D eigenvalue weighted by atomic mass is 32.2. The molecule has 1 aliphatic rings. The van der Waals surface area contributed by atoms with E-state index < -0.39 is 10.1 Å². The first-order valence-electron chi connectivity index (χ1n) is 6.69. The van der Waals surface area contributed by atoms with Crippen molar-refractivity contribution in [2.45, 2.75) is 0 Å². The van der Waals surface area contributed by atoms with Crippen LogP contribution in [0.4, 0.5) is 0 Å². The van der Waals surface area contributed by atoms with Gasteiger partial charge in [-0.1, -0.05) is 36.1 Å². The van der Waals surface area contributed by atoms with Gasteiger partial charge in [0.15, 0.2) is 11.5 Å². The first-order chi connectivity index (χ1) is 11.2. The molecule has 0 aromatic heterocycles. The third-order valence-corrected chi connectivity index (χ3v) is 4.77. The molecule has 0 N–H and O–H groups in total. The van der Waals surface area contributed by atoms with Crippen LogP contribution in [-0.2, 0) is 14.9 Å². The number of thiocarbonyl (C=S) groups is 1. The normalized spacial score (nSPS) is 16.6. The maximum Gasteiger partial charge on any atom is 0.306 e. The molecular weight excluding hydrogens is 370 g/mol. The molecular formula is C15H15NO5S3. The number of methoxy groups -OCH3 is 1. The fourth-order valence-electron chi connectivity index (χ4n) is 1.94. The smallest absolute Gasteiger partial charge is 0.306 e. The molecule has 9 heteroatoms. The van der Waals surface area contributed by atoms with Gasteiger partial charge >= 0.3 is 10.1 Å². The summed E-state index contributed by atoms with van der Waals surface area (Å²) in [6, 6.07) is 4.68. The van der Waals surface area contributed by atoms with Gasteiger partial charge in [0.25, 0.3) is 5.91 Å². The Balaban J connectivity index is 2.32. The molecule has 0 aliphatic carbocycles. The second-order valence-corrected chi connectivity index (χ2v) is 8.03. The van der Waals surface area contributed by atoms with E-state index >= 15 is 0 Å². The second kappa shape index (κ2) is 7.37. The number of carbonyl (C=O) groups is 1. The lowest BCUT2D eigenvalue weighted by Crippen LogP contribution is -2.27. The molecule has 0 spiro atoms. The van der Waals surface area contributed by atoms with Crippen molar-refractivity contribution in [2.75, 3.05) is 19.9 Å². The van der Waals surface area contributed by atoms with E-state index in [2.05, 4.69) is 6.58 Å². The molecule has 0 unspecified atom stereocenters. The number of hydrogen-bond acceptors (Lipinski definition) is 7. The average molecular weight is 385 g/mol. The highest BCUT2D eigenvalue weighted by molar-refractivity contribution is 8.26. The summed E-state index contributed by atoms with van der Waals surface area (Å²) in [4.78, 5) is 14.2. The van der Waals surface area contributed by atoms with Crippen LogP contribution in [0.5, 0.6) is 11.5 Å². The van der Waals surface area contributed by atoms with Gasteiger partial charge in [-0.15, -0.1) is 6.58 Å². The molecule has 1 aromatic carbocycles. The minimum atomic E-state index is -3.66. The standard InChI is InChI=1S/C15H15NO5S3/c1-4-7-16-14(17)13(23-15(16)22)9-10-5-6-11(12(8-10)20-2)21-24(3,18)19/h4-6,8-9H,1,7H2,2-3H3/b13-9+. The van der Waals surface area contributed by atoms with Crippen LogP contribution in [0.1, 0.15) is 5.56 Å². The third-order valence-electron chi connectivity index (χ3n) is 2.91. The van der Waals surface area contributed by atoms with Crippen LogP contribution in [0.3, 0.4) is 0 Å². The van der Waals surface area contributed by atoms with E-state index in [-0.39, 0.29) is 17.4 Å². The molecule has 0 bridgehead atoms. The maximum atomic E-state index is 12.3. The Kier molecular flexibility index (Phi) is 5.68. The summed E-state index contributed by atoms with van der Waals surface area (Å²) < 4.78 is 32.9. The van der Waals surface area contributed by atoms with Gasteiger partial charge < -0.3 is 8.92 Å². The summed E-state index contributed by atoms with van der Waals surface area (Å²) in [5.41, 5.74) is 0.659. The molecule has 1 aliphatic heterocycles. The van der Waals surface area contributed by atoms with Crippen molar-refractivity contribution in [3.63, 3.8) is 0 Å². The van der Waals surface area contributed by atoms with Gasteiger partial charge in [0, 0.05) is 6.54 Å². The Hall–Kier alpha value is -1.84. The summed E-state index contributed by atoms with van der Waals surface area (Å²) in [5, 5.41) is 0. The lowest BCUT2D eigenvalue weighted by atomic mass is 10.2. The average Bonchev–Trinajstić information content (AvgIpc) is 2.75. The zero-order valence-corrected chi connectivity index (χ0v) is 15.5. The fourth-order valence-corrected chi connectivity index (χ4v) is 3.68. The number of amides is 1. The number of thioether (sulfide) groups is 1. The molecule has 128 valence electrons. The monoisotopic (exact) mass is 385 g/mol. The first kappa shape index (κ1) is 18.5. The largest absolute Gasteiger partial charge is 0.493 e. The van der Waals surface area contributed by atoms with Crippen LogP contribution in [0.25, 0.3) is 6.08 Å². The highest BCUT2D eigenvalue weighted by Crippen LogP contribution is 2.34. The van der Waals surface area contributed by atoms with E-state index in [9.17, 15) is 13.2 Å². The molecule has 6 nitrogen and oxygen atoms in total. The van der Waals surface area contributed by atoms with Crippen LogP contribution in [0.15, 0.2) is 35.8 Å². The summed E-state index contributed by atoms with van der Waals surface area (Å²) in [5.74, 6) is 0.132. The number of carbonyl (C=O) groups excluding carboxylic acids is 1. The molecule has 0 radical (unpaired) electrons. The van der Waals surface area contributed by atoms with Crippen molar-refractivity contribution < 1.29 is 22.1 Å². The quantitative estimate of drug-likeness (QED) is 0.322. The predicted octanol–water partition coefficient (Wildman–Crippen LogP) is 2.42. The summed E-state index contributed by atoms with van der Waals surface area (Å²) >= 11 is 6.37. The molecule has 24 heavy (non-hydrogen) atoms. The van der Waals surface area contributed by atoms with Gasteiger partial charge in [0.2, 0.25) is 0 Å². The number of nitrogens with zero attached hydrogens (tertiary/aromatic N) is 1. The van der Waals surface area contributed by atoms with Crippen LogP contribution in [-0.4, -0.2) is 43.5 Å².